The summed E-state index contributed by atoms with van der Waals surface area (Å²) in [5.74, 6) is 0.268. The molecule has 170 valence electrons. The normalized spacial score (nSPS) is 11.4. The van der Waals surface area contributed by atoms with E-state index in [1.54, 1.807) is 0 Å². The van der Waals surface area contributed by atoms with Gasteiger partial charge in [-0.25, -0.2) is 0 Å². The topological polar surface area (TPSA) is 46.5 Å². The SMILES string of the molecule is CC(C)(CCCCCCCCOc1ccc(CCCCc2ccccc2)cc1)C(=O)O. The Morgan fingerprint density at radius 3 is 1.90 bits per heavy atom. The highest BCUT2D eigenvalue weighted by atomic mass is 16.5. The van der Waals surface area contributed by atoms with Gasteiger partial charge in [-0.3, -0.25) is 4.79 Å². The Kier molecular flexibility index (Phi) is 11.2. The second kappa shape index (κ2) is 13.9. The quantitative estimate of drug-likeness (QED) is 0.284. The first-order valence-corrected chi connectivity index (χ1v) is 12.0. The molecule has 2 rings (SSSR count). The van der Waals surface area contributed by atoms with Crippen LogP contribution in [-0.2, 0) is 17.6 Å². The summed E-state index contributed by atoms with van der Waals surface area (Å²) < 4.78 is 5.88. The molecule has 0 aliphatic heterocycles. The van der Waals surface area contributed by atoms with Gasteiger partial charge in [0.1, 0.15) is 5.75 Å². The summed E-state index contributed by atoms with van der Waals surface area (Å²) in [6, 6.07) is 19.3. The first-order chi connectivity index (χ1) is 15.0. The minimum atomic E-state index is -0.694. The molecule has 31 heavy (non-hydrogen) atoms. The summed E-state index contributed by atoms with van der Waals surface area (Å²) >= 11 is 0. The molecule has 3 nitrogen and oxygen atoms in total. The van der Waals surface area contributed by atoms with Crippen LogP contribution in [-0.4, -0.2) is 17.7 Å². The minimum Gasteiger partial charge on any atom is -0.494 e. The number of carbonyl (C=O) groups is 1. The van der Waals surface area contributed by atoms with Crippen molar-refractivity contribution in [2.24, 2.45) is 5.41 Å². The summed E-state index contributed by atoms with van der Waals surface area (Å²) in [6.45, 7) is 4.39. The van der Waals surface area contributed by atoms with Crippen LogP contribution in [0.5, 0.6) is 5.75 Å². The lowest BCUT2D eigenvalue weighted by Crippen LogP contribution is -2.23. The lowest BCUT2D eigenvalue weighted by Gasteiger charge is -2.18. The number of unbranched alkanes of at least 4 members (excludes halogenated alkanes) is 6. The number of carboxylic acid groups (broad SMARTS) is 1. The highest BCUT2D eigenvalue weighted by Crippen LogP contribution is 2.24. The zero-order chi connectivity index (χ0) is 22.4. The number of hydrogen-bond donors (Lipinski definition) is 1. The van der Waals surface area contributed by atoms with E-state index in [1.165, 1.54) is 43.2 Å². The van der Waals surface area contributed by atoms with Gasteiger partial charge < -0.3 is 9.84 Å². The maximum atomic E-state index is 11.1. The number of rotatable bonds is 16. The van der Waals surface area contributed by atoms with Crippen LogP contribution < -0.4 is 4.74 Å². The van der Waals surface area contributed by atoms with Gasteiger partial charge in [0.05, 0.1) is 12.0 Å². The lowest BCUT2D eigenvalue weighted by atomic mass is 9.87. The van der Waals surface area contributed by atoms with Crippen molar-refractivity contribution in [3.05, 3.63) is 65.7 Å². The first kappa shape index (κ1) is 25.0. The van der Waals surface area contributed by atoms with Crippen molar-refractivity contribution in [2.45, 2.75) is 84.5 Å². The zero-order valence-corrected chi connectivity index (χ0v) is 19.4. The molecule has 1 N–H and O–H groups in total. The van der Waals surface area contributed by atoms with E-state index in [4.69, 9.17) is 9.84 Å². The van der Waals surface area contributed by atoms with Gasteiger partial charge in [0.25, 0.3) is 0 Å². The van der Waals surface area contributed by atoms with Gasteiger partial charge in [-0.1, -0.05) is 74.6 Å². The van der Waals surface area contributed by atoms with Gasteiger partial charge >= 0.3 is 5.97 Å². The molecular weight excluding hydrogens is 384 g/mol. The molecule has 0 aliphatic rings. The number of hydrogen-bond acceptors (Lipinski definition) is 2. The molecule has 0 bridgehead atoms. The van der Waals surface area contributed by atoms with Crippen molar-refractivity contribution in [3.8, 4) is 5.75 Å². The Bertz CT molecular complexity index is 735. The highest BCUT2D eigenvalue weighted by molar-refractivity contribution is 5.73. The standard InChI is InChI=1S/C28H40O3/c1-28(2,27(29)30)22-12-5-3-4-6-13-23-31-26-20-18-25(19-21-26)17-11-10-16-24-14-8-7-9-15-24/h7-9,14-15,18-21H,3-6,10-13,16-17,22-23H2,1-2H3,(H,29,30). The van der Waals surface area contributed by atoms with Crippen molar-refractivity contribution < 1.29 is 14.6 Å². The summed E-state index contributed by atoms with van der Waals surface area (Å²) in [5, 5.41) is 9.12. The maximum absolute atomic E-state index is 11.1. The number of benzene rings is 2. The van der Waals surface area contributed by atoms with Gasteiger partial charge in [0, 0.05) is 0 Å². The molecule has 0 saturated heterocycles. The number of carboxylic acids is 1. The molecule has 2 aromatic rings. The summed E-state index contributed by atoms with van der Waals surface area (Å²) in [5.41, 5.74) is 2.21. The van der Waals surface area contributed by atoms with Crippen LogP contribution in [0.3, 0.4) is 0 Å². The lowest BCUT2D eigenvalue weighted by molar-refractivity contribution is -0.147. The predicted octanol–water partition coefficient (Wildman–Crippen LogP) is 7.47. The minimum absolute atomic E-state index is 0.592. The van der Waals surface area contributed by atoms with Crippen LogP contribution in [0.1, 0.15) is 82.8 Å². The Balaban J connectivity index is 1.47. The van der Waals surface area contributed by atoms with Crippen molar-refractivity contribution in [1.82, 2.24) is 0 Å². The van der Waals surface area contributed by atoms with E-state index >= 15 is 0 Å². The van der Waals surface area contributed by atoms with E-state index in [9.17, 15) is 4.79 Å². The third kappa shape index (κ3) is 10.5. The summed E-state index contributed by atoms with van der Waals surface area (Å²) in [7, 11) is 0. The second-order valence-corrected chi connectivity index (χ2v) is 9.25. The van der Waals surface area contributed by atoms with E-state index < -0.39 is 11.4 Å². The van der Waals surface area contributed by atoms with Crippen LogP contribution in [0.4, 0.5) is 0 Å². The Labute approximate surface area is 188 Å². The largest absolute Gasteiger partial charge is 0.494 e. The molecule has 0 saturated carbocycles. The van der Waals surface area contributed by atoms with Gasteiger partial charge in [-0.05, 0) is 75.6 Å². The van der Waals surface area contributed by atoms with E-state index in [-0.39, 0.29) is 0 Å². The molecule has 0 amide bonds. The van der Waals surface area contributed by atoms with Crippen molar-refractivity contribution in [3.63, 3.8) is 0 Å². The number of aliphatic carboxylic acids is 1. The molecule has 0 heterocycles. The van der Waals surface area contributed by atoms with Crippen LogP contribution in [0.15, 0.2) is 54.6 Å². The Morgan fingerprint density at radius 2 is 1.29 bits per heavy atom. The van der Waals surface area contributed by atoms with E-state index in [1.807, 2.05) is 13.8 Å². The molecule has 0 fully saturated rings. The smallest absolute Gasteiger partial charge is 0.309 e. The molecule has 2 aromatic carbocycles. The second-order valence-electron chi connectivity index (χ2n) is 9.25. The van der Waals surface area contributed by atoms with Gasteiger partial charge in [-0.15, -0.1) is 0 Å². The molecule has 3 heteroatoms. The maximum Gasteiger partial charge on any atom is 0.309 e. The third-order valence-electron chi connectivity index (χ3n) is 5.99. The van der Waals surface area contributed by atoms with E-state index in [2.05, 4.69) is 54.6 Å². The number of ether oxygens (including phenoxy) is 1. The molecule has 0 atom stereocenters. The molecule has 0 radical (unpaired) electrons. The van der Waals surface area contributed by atoms with Crippen molar-refractivity contribution in [1.29, 1.82) is 0 Å². The molecular formula is C28H40O3. The molecule has 0 unspecified atom stereocenters. The fourth-order valence-corrected chi connectivity index (χ4v) is 3.73. The van der Waals surface area contributed by atoms with Crippen LogP contribution in [0.2, 0.25) is 0 Å². The fraction of sp³-hybridized carbons (Fsp3) is 0.536. The predicted molar refractivity (Wildman–Crippen MR) is 129 cm³/mol. The molecule has 0 spiro atoms. The van der Waals surface area contributed by atoms with Crippen LogP contribution in [0.25, 0.3) is 0 Å². The van der Waals surface area contributed by atoms with E-state index in [0.717, 1.165) is 50.9 Å². The summed E-state index contributed by atoms with van der Waals surface area (Å²) in [4.78, 5) is 11.1. The van der Waals surface area contributed by atoms with Crippen LogP contribution in [0, 0.1) is 5.41 Å². The average Bonchev–Trinajstić information content (AvgIpc) is 2.77. The highest BCUT2D eigenvalue weighted by Gasteiger charge is 2.25. The third-order valence-corrected chi connectivity index (χ3v) is 5.99. The fourth-order valence-electron chi connectivity index (χ4n) is 3.73. The monoisotopic (exact) mass is 424 g/mol. The number of aryl methyl sites for hydroxylation is 2. The summed E-state index contributed by atoms with van der Waals surface area (Å²) in [6.07, 6.45) is 12.2. The van der Waals surface area contributed by atoms with Gasteiger partial charge in [0.2, 0.25) is 0 Å². The first-order valence-electron chi connectivity index (χ1n) is 12.0. The molecule has 0 aromatic heterocycles. The Hall–Kier alpha value is -2.29. The zero-order valence-electron chi connectivity index (χ0n) is 19.4. The van der Waals surface area contributed by atoms with Gasteiger partial charge in [0.15, 0.2) is 0 Å². The van der Waals surface area contributed by atoms with Crippen LogP contribution >= 0.6 is 0 Å². The van der Waals surface area contributed by atoms with Crippen molar-refractivity contribution >= 4 is 5.97 Å². The molecule has 0 aliphatic carbocycles. The Morgan fingerprint density at radius 1 is 0.742 bits per heavy atom. The average molecular weight is 425 g/mol. The van der Waals surface area contributed by atoms with E-state index in [0.29, 0.717) is 0 Å². The van der Waals surface area contributed by atoms with Gasteiger partial charge in [-0.2, -0.15) is 0 Å². The van der Waals surface area contributed by atoms with Crippen molar-refractivity contribution in [2.75, 3.05) is 6.61 Å².